The van der Waals surface area contributed by atoms with Gasteiger partial charge in [0, 0.05) is 38.1 Å². The lowest BCUT2D eigenvalue weighted by atomic mass is 9.90. The van der Waals surface area contributed by atoms with Crippen molar-refractivity contribution in [1.82, 2.24) is 19.8 Å². The van der Waals surface area contributed by atoms with Crippen molar-refractivity contribution in [1.29, 1.82) is 0 Å². The number of hydrogen-bond donors (Lipinski definition) is 1. The Bertz CT molecular complexity index is 825. The van der Waals surface area contributed by atoms with E-state index in [-0.39, 0.29) is 5.82 Å². The fourth-order valence-electron chi connectivity index (χ4n) is 6.10. The van der Waals surface area contributed by atoms with Crippen molar-refractivity contribution in [3.63, 3.8) is 0 Å². The fraction of sp³-hybridized carbons (Fsp3) is 0.720. The highest BCUT2D eigenvalue weighted by atomic mass is 19.1. The molecule has 1 unspecified atom stereocenters. The third kappa shape index (κ3) is 4.29. The summed E-state index contributed by atoms with van der Waals surface area (Å²) in [5, 5.41) is 3.47. The molecule has 5 heteroatoms. The third-order valence-corrected chi connectivity index (χ3v) is 7.79. The highest BCUT2D eigenvalue weighted by molar-refractivity contribution is 5.77. The van der Waals surface area contributed by atoms with Crippen molar-refractivity contribution in [2.45, 2.75) is 76.2 Å². The lowest BCUT2D eigenvalue weighted by Crippen LogP contribution is -2.38. The van der Waals surface area contributed by atoms with Crippen LogP contribution < -0.4 is 5.32 Å². The predicted octanol–water partition coefficient (Wildman–Crippen LogP) is 5.25. The van der Waals surface area contributed by atoms with Gasteiger partial charge in [0.05, 0.1) is 5.52 Å². The van der Waals surface area contributed by atoms with E-state index < -0.39 is 0 Å². The van der Waals surface area contributed by atoms with Gasteiger partial charge in [-0.05, 0) is 56.7 Å². The molecule has 2 saturated heterocycles. The largest absolute Gasteiger partial charge is 0.324 e. The van der Waals surface area contributed by atoms with E-state index in [2.05, 4.69) is 20.9 Å². The topological polar surface area (TPSA) is 33.1 Å². The molecule has 164 valence electrons. The quantitative estimate of drug-likeness (QED) is 0.745. The van der Waals surface area contributed by atoms with E-state index in [0.29, 0.717) is 17.5 Å². The Morgan fingerprint density at radius 1 is 0.967 bits per heavy atom. The minimum atomic E-state index is -0.180. The van der Waals surface area contributed by atoms with Crippen LogP contribution in [0.3, 0.4) is 0 Å². The summed E-state index contributed by atoms with van der Waals surface area (Å²) in [6, 6.07) is 5.91. The van der Waals surface area contributed by atoms with Crippen LogP contribution in [-0.2, 0) is 0 Å². The molecule has 1 aromatic carbocycles. The first kappa shape index (κ1) is 20.4. The minimum absolute atomic E-state index is 0.180. The molecule has 0 amide bonds. The van der Waals surface area contributed by atoms with Crippen LogP contribution in [-0.4, -0.2) is 47.2 Å². The summed E-state index contributed by atoms with van der Waals surface area (Å²) in [6.07, 6.45) is 13.4. The van der Waals surface area contributed by atoms with Gasteiger partial charge in [-0.15, -0.1) is 0 Å². The first-order valence-electron chi connectivity index (χ1n) is 12.4. The molecule has 5 rings (SSSR count). The summed E-state index contributed by atoms with van der Waals surface area (Å²) in [4.78, 5) is 7.54. The van der Waals surface area contributed by atoms with E-state index in [4.69, 9.17) is 4.98 Å². The van der Waals surface area contributed by atoms with Gasteiger partial charge in [0.2, 0.25) is 0 Å². The van der Waals surface area contributed by atoms with Crippen LogP contribution in [0.4, 0.5) is 4.39 Å². The average molecular weight is 413 g/mol. The smallest absolute Gasteiger partial charge is 0.151 e. The fourth-order valence-corrected chi connectivity index (χ4v) is 6.10. The maximum absolute atomic E-state index is 14.5. The van der Waals surface area contributed by atoms with E-state index >= 15 is 0 Å². The van der Waals surface area contributed by atoms with E-state index in [1.807, 2.05) is 6.07 Å². The first-order valence-corrected chi connectivity index (χ1v) is 12.4. The van der Waals surface area contributed by atoms with Crippen molar-refractivity contribution in [2.24, 2.45) is 5.92 Å². The number of nitrogens with one attached hydrogen (secondary N) is 1. The minimum Gasteiger partial charge on any atom is -0.324 e. The van der Waals surface area contributed by atoms with Crippen LogP contribution in [0, 0.1) is 11.7 Å². The first-order chi connectivity index (χ1) is 14.8. The molecule has 1 saturated carbocycles. The molecular weight excluding hydrogens is 375 g/mol. The van der Waals surface area contributed by atoms with Crippen LogP contribution >= 0.6 is 0 Å². The monoisotopic (exact) mass is 412 g/mol. The van der Waals surface area contributed by atoms with Gasteiger partial charge in [0.25, 0.3) is 0 Å². The Morgan fingerprint density at radius 2 is 1.73 bits per heavy atom. The molecule has 3 fully saturated rings. The standard InChI is InChI=1S/C25H37FN4/c26-22-9-6-10-23-24(22)28-25(20-11-14-27-17-20)30(23)21-12-15-29(16-13-21)18-19-7-4-2-1-3-5-8-19/h6,9-10,19-21,27H,1-5,7-8,11-18H2. The molecule has 2 aliphatic heterocycles. The van der Waals surface area contributed by atoms with Gasteiger partial charge in [-0.1, -0.05) is 38.2 Å². The summed E-state index contributed by atoms with van der Waals surface area (Å²) in [6.45, 7) is 5.62. The summed E-state index contributed by atoms with van der Waals surface area (Å²) >= 11 is 0. The Hall–Kier alpha value is -1.46. The third-order valence-electron chi connectivity index (χ3n) is 7.79. The molecule has 2 aromatic rings. The molecular formula is C25H37FN4. The van der Waals surface area contributed by atoms with Crippen LogP contribution in [0.2, 0.25) is 0 Å². The second-order valence-electron chi connectivity index (χ2n) is 9.88. The zero-order valence-electron chi connectivity index (χ0n) is 18.3. The molecule has 3 heterocycles. The highest BCUT2D eigenvalue weighted by Gasteiger charge is 2.30. The van der Waals surface area contributed by atoms with Gasteiger partial charge < -0.3 is 14.8 Å². The van der Waals surface area contributed by atoms with Gasteiger partial charge in [0.1, 0.15) is 11.3 Å². The summed E-state index contributed by atoms with van der Waals surface area (Å²) in [7, 11) is 0. The van der Waals surface area contributed by atoms with E-state index in [1.54, 1.807) is 6.07 Å². The van der Waals surface area contributed by atoms with Crippen LogP contribution in [0.1, 0.15) is 82.0 Å². The molecule has 1 aliphatic carbocycles. The SMILES string of the molecule is Fc1cccc2c1nc(C1CCNC1)n2C1CCN(CC2CCCCCCC2)CC1. The second kappa shape index (κ2) is 9.35. The normalized spacial score (nSPS) is 25.6. The molecule has 0 radical (unpaired) electrons. The molecule has 1 aromatic heterocycles. The van der Waals surface area contributed by atoms with Crippen molar-refractivity contribution in [3.05, 3.63) is 29.8 Å². The lowest BCUT2D eigenvalue weighted by molar-refractivity contribution is 0.151. The maximum Gasteiger partial charge on any atom is 0.151 e. The Kier molecular flexibility index (Phi) is 6.37. The number of piperidine rings is 1. The number of hydrogen-bond acceptors (Lipinski definition) is 3. The molecule has 4 nitrogen and oxygen atoms in total. The number of benzene rings is 1. The zero-order valence-corrected chi connectivity index (χ0v) is 18.3. The van der Waals surface area contributed by atoms with Gasteiger partial charge >= 0.3 is 0 Å². The van der Waals surface area contributed by atoms with Crippen molar-refractivity contribution in [2.75, 3.05) is 32.7 Å². The number of nitrogens with zero attached hydrogens (tertiary/aromatic N) is 3. The Morgan fingerprint density at radius 3 is 2.47 bits per heavy atom. The number of rotatable bonds is 4. The molecule has 1 N–H and O–H groups in total. The number of imidazole rings is 1. The van der Waals surface area contributed by atoms with Gasteiger partial charge in [-0.3, -0.25) is 0 Å². The number of halogens is 1. The summed E-state index contributed by atoms with van der Waals surface area (Å²) in [5.74, 6) is 2.23. The van der Waals surface area contributed by atoms with Crippen LogP contribution in [0.15, 0.2) is 18.2 Å². The van der Waals surface area contributed by atoms with Gasteiger partial charge in [0.15, 0.2) is 5.82 Å². The number of aromatic nitrogens is 2. The van der Waals surface area contributed by atoms with Crippen LogP contribution in [0.25, 0.3) is 11.0 Å². The zero-order chi connectivity index (χ0) is 20.3. The molecule has 30 heavy (non-hydrogen) atoms. The number of likely N-dealkylation sites (tertiary alicyclic amines) is 1. The van der Waals surface area contributed by atoms with Gasteiger partial charge in [-0.2, -0.15) is 0 Å². The van der Waals surface area contributed by atoms with Crippen molar-refractivity contribution in [3.8, 4) is 0 Å². The second-order valence-corrected chi connectivity index (χ2v) is 9.88. The Labute approximate surface area is 180 Å². The van der Waals surface area contributed by atoms with Crippen molar-refractivity contribution >= 4 is 11.0 Å². The van der Waals surface area contributed by atoms with Crippen molar-refractivity contribution < 1.29 is 4.39 Å². The molecule has 0 bridgehead atoms. The summed E-state index contributed by atoms with van der Waals surface area (Å²) in [5.41, 5.74) is 1.56. The highest BCUT2D eigenvalue weighted by Crippen LogP contribution is 2.35. The van der Waals surface area contributed by atoms with Crippen LogP contribution in [0.5, 0.6) is 0 Å². The molecule has 1 atom stereocenters. The van der Waals surface area contributed by atoms with E-state index in [1.165, 1.54) is 64.6 Å². The Balaban J connectivity index is 1.30. The summed E-state index contributed by atoms with van der Waals surface area (Å²) < 4.78 is 16.9. The number of fused-ring (bicyclic) bond motifs is 1. The predicted molar refractivity (Wildman–Crippen MR) is 120 cm³/mol. The molecule has 0 spiro atoms. The molecule has 3 aliphatic rings. The maximum atomic E-state index is 14.5. The average Bonchev–Trinajstić information content (AvgIpc) is 3.39. The van der Waals surface area contributed by atoms with E-state index in [0.717, 1.165) is 49.6 Å². The van der Waals surface area contributed by atoms with E-state index in [9.17, 15) is 4.39 Å². The lowest BCUT2D eigenvalue weighted by Gasteiger charge is -2.36. The number of para-hydroxylation sites is 1. The van der Waals surface area contributed by atoms with Gasteiger partial charge in [-0.25, -0.2) is 9.37 Å².